The third-order valence-electron chi connectivity index (χ3n) is 8.04. The molecule has 0 aliphatic rings. The fourth-order valence-corrected chi connectivity index (χ4v) is 5.54. The third-order valence-corrected chi connectivity index (χ3v) is 8.04. The first-order valence-electron chi connectivity index (χ1n) is 15.6. The molecule has 0 radical (unpaired) electrons. The first kappa shape index (κ1) is 33.0. The highest BCUT2D eigenvalue weighted by atomic mass is 16.6. The summed E-state index contributed by atoms with van der Waals surface area (Å²) in [6, 6.07) is 26.8. The molecule has 12 heteroatoms. The topological polar surface area (TPSA) is 193 Å². The van der Waals surface area contributed by atoms with E-state index in [0.29, 0.717) is 5.56 Å². The van der Waals surface area contributed by atoms with Gasteiger partial charge in [-0.1, -0.05) is 42.5 Å². The Bertz CT molecular complexity index is 2480. The Kier molecular flexibility index (Phi) is 8.54. The van der Waals surface area contributed by atoms with E-state index in [0.717, 1.165) is 12.1 Å². The number of esters is 3. The molecule has 0 bridgehead atoms. The molecule has 12 nitrogen and oxygen atoms in total. The number of phenols is 5. The SMILES string of the molecule is O=C(Cc1ccccc1)Oc1c(OC(=O)c2ccc(O)cc2)c(-c2ccc(O)cc2)c(OC(=O)c2ccc(O)cc2)c2oc3cc(O)c(O)cc3c12. The minimum atomic E-state index is -0.969. The molecule has 0 aliphatic carbocycles. The first-order chi connectivity index (χ1) is 25.0. The van der Waals surface area contributed by atoms with Crippen molar-refractivity contribution < 1.29 is 58.5 Å². The fourth-order valence-electron chi connectivity index (χ4n) is 5.54. The lowest BCUT2D eigenvalue weighted by atomic mass is 9.98. The Labute approximate surface area is 293 Å². The van der Waals surface area contributed by atoms with Gasteiger partial charge < -0.3 is 44.2 Å². The van der Waals surface area contributed by atoms with Crippen LogP contribution in [0.5, 0.6) is 46.0 Å². The molecular weight excluding hydrogens is 672 g/mol. The zero-order valence-electron chi connectivity index (χ0n) is 26.8. The molecule has 0 spiro atoms. The standard InChI is InChI=1S/C40H26O12/c41-25-12-6-22(7-13-25)33-35(51-39(47)23-8-14-26(42)15-9-23)37-34(28-19-29(44)30(45)20-31(28)49-37)38(50-32(46)18-21-4-2-1-3-5-21)36(33)52-40(48)24-10-16-27(43)17-11-24/h1-17,19-20,41-45H,18H2. The first-order valence-corrected chi connectivity index (χ1v) is 15.6. The van der Waals surface area contributed by atoms with Crippen LogP contribution in [0.3, 0.4) is 0 Å². The number of furan rings is 1. The lowest BCUT2D eigenvalue weighted by molar-refractivity contribution is -0.133. The van der Waals surface area contributed by atoms with Gasteiger partial charge in [-0.2, -0.15) is 0 Å². The number of rotatable bonds is 8. The zero-order chi connectivity index (χ0) is 36.5. The summed E-state index contributed by atoms with van der Waals surface area (Å²) in [6.45, 7) is 0. The quantitative estimate of drug-likeness (QED) is 0.0602. The van der Waals surface area contributed by atoms with Crippen LogP contribution in [0.25, 0.3) is 33.1 Å². The van der Waals surface area contributed by atoms with Gasteiger partial charge >= 0.3 is 17.9 Å². The van der Waals surface area contributed by atoms with Gasteiger partial charge in [-0.15, -0.1) is 0 Å². The average Bonchev–Trinajstić information content (AvgIpc) is 3.49. The molecule has 5 N–H and O–H groups in total. The van der Waals surface area contributed by atoms with E-state index in [1.807, 2.05) is 0 Å². The van der Waals surface area contributed by atoms with Crippen LogP contribution in [0.15, 0.2) is 120 Å². The maximum atomic E-state index is 13.8. The van der Waals surface area contributed by atoms with Gasteiger partial charge in [0, 0.05) is 11.5 Å². The number of phenolic OH excluding ortho intramolecular Hbond substituents is 5. The van der Waals surface area contributed by atoms with Gasteiger partial charge in [0.25, 0.3) is 0 Å². The molecule has 6 aromatic carbocycles. The molecule has 0 aliphatic heterocycles. The van der Waals surface area contributed by atoms with Crippen LogP contribution in [0, 0.1) is 0 Å². The number of aromatic hydroxyl groups is 5. The number of benzene rings is 6. The number of carbonyl (C=O) groups is 3. The van der Waals surface area contributed by atoms with Gasteiger partial charge in [0.1, 0.15) is 22.8 Å². The molecule has 52 heavy (non-hydrogen) atoms. The van der Waals surface area contributed by atoms with Crippen molar-refractivity contribution in [2.24, 2.45) is 0 Å². The fraction of sp³-hybridized carbons (Fsp3) is 0.0250. The molecule has 0 amide bonds. The van der Waals surface area contributed by atoms with E-state index >= 15 is 0 Å². The molecule has 258 valence electrons. The number of fused-ring (bicyclic) bond motifs is 3. The van der Waals surface area contributed by atoms with Gasteiger partial charge in [-0.3, -0.25) is 4.79 Å². The largest absolute Gasteiger partial charge is 0.508 e. The highest BCUT2D eigenvalue weighted by molar-refractivity contribution is 6.16. The summed E-state index contributed by atoms with van der Waals surface area (Å²) >= 11 is 0. The Morgan fingerprint density at radius 3 is 1.65 bits per heavy atom. The minimum absolute atomic E-state index is 0.00927. The highest BCUT2D eigenvalue weighted by Gasteiger charge is 2.33. The van der Waals surface area contributed by atoms with Crippen molar-refractivity contribution >= 4 is 39.8 Å². The average molecular weight is 699 g/mol. The molecule has 0 atom stereocenters. The summed E-state index contributed by atoms with van der Waals surface area (Å²) in [5.74, 6) is -5.26. The van der Waals surface area contributed by atoms with E-state index in [1.54, 1.807) is 30.3 Å². The zero-order valence-corrected chi connectivity index (χ0v) is 26.8. The summed E-state index contributed by atoms with van der Waals surface area (Å²) in [5, 5.41) is 50.7. The van der Waals surface area contributed by atoms with Crippen LogP contribution in [0.4, 0.5) is 0 Å². The van der Waals surface area contributed by atoms with Gasteiger partial charge in [-0.05, 0) is 77.9 Å². The molecule has 1 aromatic heterocycles. The van der Waals surface area contributed by atoms with Crippen LogP contribution in [-0.4, -0.2) is 43.4 Å². The predicted molar refractivity (Wildman–Crippen MR) is 186 cm³/mol. The van der Waals surface area contributed by atoms with Gasteiger partial charge in [-0.25, -0.2) is 9.59 Å². The minimum Gasteiger partial charge on any atom is -0.508 e. The van der Waals surface area contributed by atoms with Crippen molar-refractivity contribution in [2.45, 2.75) is 6.42 Å². The Morgan fingerprint density at radius 1 is 0.558 bits per heavy atom. The lowest BCUT2D eigenvalue weighted by Gasteiger charge is -2.20. The monoisotopic (exact) mass is 698 g/mol. The van der Waals surface area contributed by atoms with E-state index < -0.39 is 35.2 Å². The molecule has 0 fully saturated rings. The van der Waals surface area contributed by atoms with E-state index in [9.17, 15) is 39.9 Å². The van der Waals surface area contributed by atoms with Gasteiger partial charge in [0.05, 0.1) is 28.5 Å². The second-order valence-corrected chi connectivity index (χ2v) is 11.6. The second-order valence-electron chi connectivity index (χ2n) is 11.6. The maximum absolute atomic E-state index is 13.8. The Hall–Kier alpha value is -7.47. The molecule has 0 saturated heterocycles. The normalized spacial score (nSPS) is 11.0. The summed E-state index contributed by atoms with van der Waals surface area (Å²) < 4.78 is 24.2. The molecule has 1 heterocycles. The molecule has 7 aromatic rings. The molecule has 0 unspecified atom stereocenters. The molecular formula is C40H26O12. The van der Waals surface area contributed by atoms with Crippen molar-refractivity contribution in [2.75, 3.05) is 0 Å². The maximum Gasteiger partial charge on any atom is 0.343 e. The van der Waals surface area contributed by atoms with Crippen molar-refractivity contribution in [3.63, 3.8) is 0 Å². The number of hydrogen-bond donors (Lipinski definition) is 5. The number of carbonyl (C=O) groups excluding carboxylic acids is 3. The second kappa shape index (κ2) is 13.4. The van der Waals surface area contributed by atoms with Gasteiger partial charge in [0.15, 0.2) is 34.3 Å². The number of ether oxygens (including phenoxy) is 3. The van der Waals surface area contributed by atoms with Crippen molar-refractivity contribution in [3.05, 3.63) is 132 Å². The molecule has 0 saturated carbocycles. The van der Waals surface area contributed by atoms with E-state index in [2.05, 4.69) is 0 Å². The third kappa shape index (κ3) is 6.46. The molecule has 7 rings (SSSR count). The van der Waals surface area contributed by atoms with Crippen LogP contribution in [-0.2, 0) is 11.2 Å². The summed E-state index contributed by atoms with van der Waals surface area (Å²) in [5.41, 5.74) is 0.431. The number of hydrogen-bond acceptors (Lipinski definition) is 12. The Balaban J connectivity index is 1.55. The van der Waals surface area contributed by atoms with Crippen molar-refractivity contribution in [1.29, 1.82) is 0 Å². The van der Waals surface area contributed by atoms with Crippen LogP contribution in [0.2, 0.25) is 0 Å². The summed E-state index contributed by atoms with van der Waals surface area (Å²) in [4.78, 5) is 41.2. The van der Waals surface area contributed by atoms with Gasteiger partial charge in [0.2, 0.25) is 0 Å². The van der Waals surface area contributed by atoms with Crippen molar-refractivity contribution in [1.82, 2.24) is 0 Å². The van der Waals surface area contributed by atoms with E-state index in [-0.39, 0.29) is 79.4 Å². The summed E-state index contributed by atoms with van der Waals surface area (Å²) in [6.07, 6.45) is -0.221. The predicted octanol–water partition coefficient (Wildman–Crippen LogP) is 7.37. The van der Waals surface area contributed by atoms with Crippen LogP contribution < -0.4 is 14.2 Å². The van der Waals surface area contributed by atoms with E-state index in [1.165, 1.54) is 72.8 Å². The van der Waals surface area contributed by atoms with Crippen LogP contribution >= 0.6 is 0 Å². The lowest BCUT2D eigenvalue weighted by Crippen LogP contribution is -2.16. The van der Waals surface area contributed by atoms with Crippen LogP contribution in [0.1, 0.15) is 26.3 Å². The Morgan fingerprint density at radius 2 is 1.08 bits per heavy atom. The highest BCUT2D eigenvalue weighted by Crippen LogP contribution is 2.55. The van der Waals surface area contributed by atoms with Crippen molar-refractivity contribution in [3.8, 4) is 57.1 Å². The summed E-state index contributed by atoms with van der Waals surface area (Å²) in [7, 11) is 0. The van der Waals surface area contributed by atoms with E-state index in [4.69, 9.17) is 18.6 Å². The smallest absolute Gasteiger partial charge is 0.343 e.